The summed E-state index contributed by atoms with van der Waals surface area (Å²) in [5, 5.41) is 2.92. The van der Waals surface area contributed by atoms with Gasteiger partial charge in [-0.15, -0.1) is 0 Å². The van der Waals surface area contributed by atoms with E-state index < -0.39 is 0 Å². The molecule has 1 saturated heterocycles. The maximum atomic E-state index is 12.1. The minimum absolute atomic E-state index is 0.0440. The minimum Gasteiger partial charge on any atom is -0.399 e. The summed E-state index contributed by atoms with van der Waals surface area (Å²) in [5.74, 6) is 0.0440. The molecule has 1 atom stereocenters. The number of amides is 1. The van der Waals surface area contributed by atoms with Crippen molar-refractivity contribution in [1.82, 2.24) is 4.90 Å². The SMILES string of the molecule is CC(C(=O)Nc1cccc(N)c1)N1CCCCC1. The molecule has 4 nitrogen and oxygen atoms in total. The first-order chi connectivity index (χ1) is 8.66. The molecule has 18 heavy (non-hydrogen) atoms. The molecule has 1 aliphatic heterocycles. The van der Waals surface area contributed by atoms with Crippen molar-refractivity contribution >= 4 is 17.3 Å². The van der Waals surface area contributed by atoms with Gasteiger partial charge in [-0.05, 0) is 51.1 Å². The summed E-state index contributed by atoms with van der Waals surface area (Å²) >= 11 is 0. The lowest BCUT2D eigenvalue weighted by atomic mass is 10.1. The van der Waals surface area contributed by atoms with Gasteiger partial charge in [0.25, 0.3) is 0 Å². The van der Waals surface area contributed by atoms with Crippen LogP contribution in [0, 0.1) is 0 Å². The van der Waals surface area contributed by atoms with E-state index in [0.29, 0.717) is 5.69 Å². The van der Waals surface area contributed by atoms with E-state index in [9.17, 15) is 4.79 Å². The number of nitrogens with one attached hydrogen (secondary N) is 1. The highest BCUT2D eigenvalue weighted by Gasteiger charge is 2.22. The van der Waals surface area contributed by atoms with Crippen molar-refractivity contribution < 1.29 is 4.79 Å². The highest BCUT2D eigenvalue weighted by atomic mass is 16.2. The van der Waals surface area contributed by atoms with Crippen LogP contribution in [0.5, 0.6) is 0 Å². The Kier molecular flexibility index (Phi) is 4.20. The number of rotatable bonds is 3. The van der Waals surface area contributed by atoms with Gasteiger partial charge in [-0.1, -0.05) is 12.5 Å². The lowest BCUT2D eigenvalue weighted by molar-refractivity contribution is -0.121. The molecule has 1 aliphatic rings. The Labute approximate surface area is 108 Å². The van der Waals surface area contributed by atoms with Crippen LogP contribution in [0.4, 0.5) is 11.4 Å². The van der Waals surface area contributed by atoms with Gasteiger partial charge in [-0.2, -0.15) is 0 Å². The van der Waals surface area contributed by atoms with E-state index in [1.54, 1.807) is 6.07 Å². The van der Waals surface area contributed by atoms with Gasteiger partial charge in [0.15, 0.2) is 0 Å². The quantitative estimate of drug-likeness (QED) is 0.804. The zero-order valence-electron chi connectivity index (χ0n) is 10.9. The first-order valence-corrected chi connectivity index (χ1v) is 6.57. The van der Waals surface area contributed by atoms with Crippen LogP contribution in [0.25, 0.3) is 0 Å². The summed E-state index contributed by atoms with van der Waals surface area (Å²) in [6.07, 6.45) is 3.66. The summed E-state index contributed by atoms with van der Waals surface area (Å²) in [7, 11) is 0. The van der Waals surface area contributed by atoms with E-state index in [2.05, 4.69) is 10.2 Å². The predicted molar refractivity (Wildman–Crippen MR) is 74.4 cm³/mol. The Morgan fingerprint density at radius 2 is 2.06 bits per heavy atom. The second-order valence-corrected chi connectivity index (χ2v) is 4.89. The first kappa shape index (κ1) is 12.9. The number of benzene rings is 1. The van der Waals surface area contributed by atoms with Crippen LogP contribution < -0.4 is 11.1 Å². The molecule has 0 spiro atoms. The second-order valence-electron chi connectivity index (χ2n) is 4.89. The van der Waals surface area contributed by atoms with E-state index in [0.717, 1.165) is 18.8 Å². The Bertz CT molecular complexity index is 413. The molecule has 1 aromatic rings. The van der Waals surface area contributed by atoms with Crippen molar-refractivity contribution in [2.24, 2.45) is 0 Å². The van der Waals surface area contributed by atoms with Crippen molar-refractivity contribution in [3.63, 3.8) is 0 Å². The minimum atomic E-state index is -0.0771. The van der Waals surface area contributed by atoms with Crippen molar-refractivity contribution in [1.29, 1.82) is 0 Å². The molecular formula is C14H21N3O. The maximum absolute atomic E-state index is 12.1. The van der Waals surface area contributed by atoms with E-state index in [-0.39, 0.29) is 11.9 Å². The van der Waals surface area contributed by atoms with E-state index in [4.69, 9.17) is 5.73 Å². The van der Waals surface area contributed by atoms with Crippen LogP contribution in [0.1, 0.15) is 26.2 Å². The number of nitrogens with zero attached hydrogens (tertiary/aromatic N) is 1. The van der Waals surface area contributed by atoms with Gasteiger partial charge in [-0.3, -0.25) is 9.69 Å². The molecular weight excluding hydrogens is 226 g/mol. The van der Waals surface area contributed by atoms with Crippen molar-refractivity contribution in [2.75, 3.05) is 24.1 Å². The zero-order chi connectivity index (χ0) is 13.0. The number of nitrogen functional groups attached to an aromatic ring is 1. The number of nitrogens with two attached hydrogens (primary N) is 1. The number of anilines is 2. The lowest BCUT2D eigenvalue weighted by Gasteiger charge is -2.31. The van der Waals surface area contributed by atoms with Crippen LogP contribution in [0.2, 0.25) is 0 Å². The number of piperidine rings is 1. The third kappa shape index (κ3) is 3.23. The molecule has 2 rings (SSSR count). The van der Waals surface area contributed by atoms with Crippen molar-refractivity contribution in [2.45, 2.75) is 32.2 Å². The fraction of sp³-hybridized carbons (Fsp3) is 0.500. The molecule has 1 aromatic carbocycles. The molecule has 0 aliphatic carbocycles. The largest absolute Gasteiger partial charge is 0.399 e. The molecule has 1 fully saturated rings. The normalized spacial score (nSPS) is 18.3. The molecule has 0 aromatic heterocycles. The molecule has 98 valence electrons. The van der Waals surface area contributed by atoms with Crippen LogP contribution in [-0.2, 0) is 4.79 Å². The maximum Gasteiger partial charge on any atom is 0.241 e. The topological polar surface area (TPSA) is 58.4 Å². The lowest BCUT2D eigenvalue weighted by Crippen LogP contribution is -2.44. The standard InChI is InChI=1S/C14H21N3O/c1-11(17-8-3-2-4-9-17)14(18)16-13-7-5-6-12(15)10-13/h5-7,10-11H,2-4,8-9,15H2,1H3,(H,16,18). The summed E-state index contributed by atoms with van der Waals surface area (Å²) in [6.45, 7) is 4.00. The Balaban J connectivity index is 1.94. The van der Waals surface area contributed by atoms with Crippen molar-refractivity contribution in [3.05, 3.63) is 24.3 Å². The first-order valence-electron chi connectivity index (χ1n) is 6.57. The molecule has 1 heterocycles. The second kappa shape index (κ2) is 5.87. The fourth-order valence-electron chi connectivity index (χ4n) is 2.33. The molecule has 1 unspecified atom stereocenters. The van der Waals surface area contributed by atoms with Gasteiger partial charge in [0, 0.05) is 11.4 Å². The molecule has 3 N–H and O–H groups in total. The van der Waals surface area contributed by atoms with E-state index in [1.165, 1.54) is 19.3 Å². The van der Waals surface area contributed by atoms with Gasteiger partial charge >= 0.3 is 0 Å². The van der Waals surface area contributed by atoms with Crippen LogP contribution in [-0.4, -0.2) is 29.9 Å². The Morgan fingerprint density at radius 3 is 2.72 bits per heavy atom. The van der Waals surface area contributed by atoms with Gasteiger partial charge in [-0.25, -0.2) is 0 Å². The summed E-state index contributed by atoms with van der Waals surface area (Å²) in [4.78, 5) is 14.4. The van der Waals surface area contributed by atoms with Crippen LogP contribution in [0.15, 0.2) is 24.3 Å². The fourth-order valence-corrected chi connectivity index (χ4v) is 2.33. The summed E-state index contributed by atoms with van der Waals surface area (Å²) < 4.78 is 0. The number of hydrogen-bond acceptors (Lipinski definition) is 3. The summed E-state index contributed by atoms with van der Waals surface area (Å²) in [6, 6.07) is 7.21. The average molecular weight is 247 g/mol. The smallest absolute Gasteiger partial charge is 0.241 e. The van der Waals surface area contributed by atoms with E-state index >= 15 is 0 Å². The molecule has 0 saturated carbocycles. The Morgan fingerprint density at radius 1 is 1.33 bits per heavy atom. The van der Waals surface area contributed by atoms with Gasteiger partial charge in [0.2, 0.25) is 5.91 Å². The van der Waals surface area contributed by atoms with Crippen LogP contribution >= 0.6 is 0 Å². The average Bonchev–Trinajstić information content (AvgIpc) is 2.39. The van der Waals surface area contributed by atoms with Gasteiger partial charge in [0.1, 0.15) is 0 Å². The third-order valence-electron chi connectivity index (χ3n) is 3.47. The number of hydrogen-bond donors (Lipinski definition) is 2. The van der Waals surface area contributed by atoms with Gasteiger partial charge in [0.05, 0.1) is 6.04 Å². The number of likely N-dealkylation sites (tertiary alicyclic amines) is 1. The van der Waals surface area contributed by atoms with Crippen molar-refractivity contribution in [3.8, 4) is 0 Å². The molecule has 0 radical (unpaired) electrons. The highest BCUT2D eigenvalue weighted by molar-refractivity contribution is 5.94. The monoisotopic (exact) mass is 247 g/mol. The third-order valence-corrected chi connectivity index (χ3v) is 3.47. The molecule has 0 bridgehead atoms. The summed E-state index contributed by atoms with van der Waals surface area (Å²) in [5.41, 5.74) is 7.12. The predicted octanol–water partition coefficient (Wildman–Crippen LogP) is 2.08. The van der Waals surface area contributed by atoms with Crippen LogP contribution in [0.3, 0.4) is 0 Å². The highest BCUT2D eigenvalue weighted by Crippen LogP contribution is 2.15. The number of carbonyl (C=O) groups is 1. The van der Waals surface area contributed by atoms with Gasteiger partial charge < -0.3 is 11.1 Å². The molecule has 1 amide bonds. The Hall–Kier alpha value is -1.55. The van der Waals surface area contributed by atoms with E-state index in [1.807, 2.05) is 25.1 Å². The molecule has 4 heteroatoms. The zero-order valence-corrected chi connectivity index (χ0v) is 10.9. The number of carbonyl (C=O) groups excluding carboxylic acids is 1.